The molecule has 0 radical (unpaired) electrons. The molecule has 1 aromatic rings. The lowest BCUT2D eigenvalue weighted by Crippen LogP contribution is -2.56. The average Bonchev–Trinajstić information content (AvgIpc) is 2.38. The van der Waals surface area contributed by atoms with Crippen LogP contribution in [-0.2, 0) is 19.6 Å². The summed E-state index contributed by atoms with van der Waals surface area (Å²) in [5.74, 6) is -0.124. The molecule has 0 amide bonds. The van der Waals surface area contributed by atoms with E-state index in [0.29, 0.717) is 0 Å². The summed E-state index contributed by atoms with van der Waals surface area (Å²) in [5, 5.41) is 2.99. The van der Waals surface area contributed by atoms with Crippen molar-refractivity contribution in [3.05, 3.63) is 29.8 Å². The number of methoxy groups -OCH3 is 1. The van der Waals surface area contributed by atoms with Gasteiger partial charge in [0.2, 0.25) is 0 Å². The Morgan fingerprint density at radius 2 is 1.81 bits per heavy atom. The van der Waals surface area contributed by atoms with E-state index < -0.39 is 10.1 Å². The summed E-state index contributed by atoms with van der Waals surface area (Å²) < 4.78 is 34.2. The normalized spacial score (nSPS) is 16.2. The Hall–Kier alpha value is -1.44. The molecule has 1 aliphatic carbocycles. The minimum atomic E-state index is -4.02. The first kappa shape index (κ1) is 17.6. The Morgan fingerprint density at radius 1 is 1.29 bits per heavy atom. The molecule has 118 valence electrons. The fraction of sp³-hybridized carbons (Fsp3) is 0.500. The van der Waals surface area contributed by atoms with E-state index in [1.165, 1.54) is 19.2 Å². The number of esters is 1. The Labute approximate surface area is 125 Å². The molecular weight excluding hydrogens is 294 g/mol. The standard InChI is InChI=1S/C7H13NO2.C7H8O3S/c1-8-7(4-3-5-7)6(9)10-2;1-6-2-4-7(5-3-6)11(8,9)10/h8H,3-5H2,1-2H3;2-5H,1H3,(H,8,9,10). The van der Waals surface area contributed by atoms with Crippen LogP contribution in [0.2, 0.25) is 0 Å². The van der Waals surface area contributed by atoms with Gasteiger partial charge in [-0.25, -0.2) is 0 Å². The molecule has 0 bridgehead atoms. The first-order valence-electron chi connectivity index (χ1n) is 6.57. The lowest BCUT2D eigenvalue weighted by Gasteiger charge is -2.38. The van der Waals surface area contributed by atoms with E-state index in [4.69, 9.17) is 4.55 Å². The summed E-state index contributed by atoms with van der Waals surface area (Å²) in [5.41, 5.74) is 0.617. The second-order valence-corrected chi connectivity index (χ2v) is 6.39. The molecule has 6 nitrogen and oxygen atoms in total. The molecule has 0 spiro atoms. The average molecular weight is 315 g/mol. The largest absolute Gasteiger partial charge is 0.468 e. The maximum Gasteiger partial charge on any atom is 0.326 e. The van der Waals surface area contributed by atoms with Crippen molar-refractivity contribution in [2.45, 2.75) is 36.6 Å². The number of aryl methyl sites for hydroxylation is 1. The van der Waals surface area contributed by atoms with E-state index >= 15 is 0 Å². The van der Waals surface area contributed by atoms with Crippen molar-refractivity contribution in [2.75, 3.05) is 14.2 Å². The van der Waals surface area contributed by atoms with Crippen LogP contribution in [0.1, 0.15) is 24.8 Å². The van der Waals surface area contributed by atoms with Crippen LogP contribution in [0, 0.1) is 6.92 Å². The van der Waals surface area contributed by atoms with E-state index in [1.807, 2.05) is 6.92 Å². The highest BCUT2D eigenvalue weighted by Gasteiger charge is 2.43. The van der Waals surface area contributed by atoms with E-state index in [2.05, 4.69) is 10.1 Å². The number of carbonyl (C=O) groups excluding carboxylic acids is 1. The van der Waals surface area contributed by atoms with Crippen LogP contribution in [0.3, 0.4) is 0 Å². The Kier molecular flexibility index (Phi) is 5.88. The number of carbonyl (C=O) groups is 1. The zero-order valence-electron chi connectivity index (χ0n) is 12.4. The minimum absolute atomic E-state index is 0.0666. The molecule has 1 aromatic carbocycles. The third-order valence-electron chi connectivity index (χ3n) is 3.58. The van der Waals surface area contributed by atoms with Crippen LogP contribution in [0.5, 0.6) is 0 Å². The van der Waals surface area contributed by atoms with Gasteiger partial charge in [-0.05, 0) is 45.4 Å². The van der Waals surface area contributed by atoms with Crippen molar-refractivity contribution in [2.24, 2.45) is 0 Å². The van der Waals surface area contributed by atoms with E-state index in [0.717, 1.165) is 24.8 Å². The molecule has 0 aliphatic heterocycles. The molecule has 2 rings (SSSR count). The van der Waals surface area contributed by atoms with Crippen molar-refractivity contribution in [1.29, 1.82) is 0 Å². The van der Waals surface area contributed by atoms with Gasteiger partial charge in [0.1, 0.15) is 5.54 Å². The number of hydrogen-bond acceptors (Lipinski definition) is 5. The van der Waals surface area contributed by atoms with Crippen LogP contribution in [-0.4, -0.2) is 38.6 Å². The molecule has 0 heterocycles. The molecule has 1 fully saturated rings. The van der Waals surface area contributed by atoms with Gasteiger partial charge in [-0.2, -0.15) is 8.42 Å². The van der Waals surface area contributed by atoms with Crippen LogP contribution in [0.15, 0.2) is 29.2 Å². The van der Waals surface area contributed by atoms with Crippen molar-refractivity contribution in [3.63, 3.8) is 0 Å². The van der Waals surface area contributed by atoms with Gasteiger partial charge in [0.25, 0.3) is 10.1 Å². The number of benzene rings is 1. The van der Waals surface area contributed by atoms with Crippen LogP contribution in [0.25, 0.3) is 0 Å². The summed E-state index contributed by atoms with van der Waals surface area (Å²) >= 11 is 0. The second kappa shape index (κ2) is 7.02. The van der Waals surface area contributed by atoms with Gasteiger partial charge in [-0.1, -0.05) is 17.7 Å². The predicted octanol–water partition coefficient (Wildman–Crippen LogP) is 1.54. The molecule has 0 unspecified atom stereocenters. The molecule has 1 saturated carbocycles. The van der Waals surface area contributed by atoms with Crippen LogP contribution >= 0.6 is 0 Å². The predicted molar refractivity (Wildman–Crippen MR) is 78.7 cm³/mol. The third kappa shape index (κ3) is 4.52. The summed E-state index contributed by atoms with van der Waals surface area (Å²) in [6.07, 6.45) is 2.95. The first-order chi connectivity index (χ1) is 9.75. The smallest absolute Gasteiger partial charge is 0.326 e. The van der Waals surface area contributed by atoms with Gasteiger partial charge < -0.3 is 10.1 Å². The minimum Gasteiger partial charge on any atom is -0.468 e. The molecule has 1 aliphatic rings. The van der Waals surface area contributed by atoms with Gasteiger partial charge in [-0.3, -0.25) is 9.35 Å². The van der Waals surface area contributed by atoms with Crippen LogP contribution in [0.4, 0.5) is 0 Å². The van der Waals surface area contributed by atoms with Crippen molar-refractivity contribution < 1.29 is 22.5 Å². The topological polar surface area (TPSA) is 92.7 Å². The summed E-state index contributed by atoms with van der Waals surface area (Å²) in [7, 11) is -0.788. The zero-order valence-corrected chi connectivity index (χ0v) is 13.2. The van der Waals surface area contributed by atoms with Gasteiger partial charge >= 0.3 is 5.97 Å². The number of ether oxygens (including phenoxy) is 1. The lowest BCUT2D eigenvalue weighted by atomic mass is 9.77. The molecule has 7 heteroatoms. The molecular formula is C14H21NO5S. The molecule has 0 atom stereocenters. The molecule has 0 aromatic heterocycles. The molecule has 2 N–H and O–H groups in total. The number of likely N-dealkylation sites (N-methyl/N-ethyl adjacent to an activating group) is 1. The monoisotopic (exact) mass is 315 g/mol. The number of nitrogens with one attached hydrogen (secondary N) is 1. The SMILES string of the molecule is CNC1(C(=O)OC)CCC1.Cc1ccc(S(=O)(=O)O)cc1. The Balaban J connectivity index is 0.000000211. The fourth-order valence-electron chi connectivity index (χ4n) is 1.99. The number of hydrogen-bond donors (Lipinski definition) is 2. The lowest BCUT2D eigenvalue weighted by molar-refractivity contribution is -0.152. The van der Waals surface area contributed by atoms with Crippen LogP contribution < -0.4 is 5.32 Å². The van der Waals surface area contributed by atoms with E-state index in [-0.39, 0.29) is 16.4 Å². The Bertz CT molecular complexity index is 570. The third-order valence-corrected chi connectivity index (χ3v) is 4.45. The van der Waals surface area contributed by atoms with E-state index in [1.54, 1.807) is 19.2 Å². The number of rotatable bonds is 3. The van der Waals surface area contributed by atoms with Gasteiger partial charge in [0, 0.05) is 0 Å². The Morgan fingerprint density at radius 3 is 2.05 bits per heavy atom. The summed E-state index contributed by atoms with van der Waals surface area (Å²) in [6, 6.07) is 5.99. The highest BCUT2D eigenvalue weighted by atomic mass is 32.2. The summed E-state index contributed by atoms with van der Waals surface area (Å²) in [6.45, 7) is 1.84. The van der Waals surface area contributed by atoms with Crippen molar-refractivity contribution in [1.82, 2.24) is 5.32 Å². The maximum absolute atomic E-state index is 11.1. The fourth-order valence-corrected chi connectivity index (χ4v) is 2.47. The zero-order chi connectivity index (χ0) is 16.1. The maximum atomic E-state index is 11.1. The van der Waals surface area contributed by atoms with Gasteiger partial charge in [0.05, 0.1) is 12.0 Å². The van der Waals surface area contributed by atoms with Crippen molar-refractivity contribution in [3.8, 4) is 0 Å². The van der Waals surface area contributed by atoms with Gasteiger partial charge in [0.15, 0.2) is 0 Å². The van der Waals surface area contributed by atoms with Gasteiger partial charge in [-0.15, -0.1) is 0 Å². The highest BCUT2D eigenvalue weighted by molar-refractivity contribution is 7.85. The highest BCUT2D eigenvalue weighted by Crippen LogP contribution is 2.32. The van der Waals surface area contributed by atoms with Crippen molar-refractivity contribution >= 4 is 16.1 Å². The first-order valence-corrected chi connectivity index (χ1v) is 8.01. The molecule has 21 heavy (non-hydrogen) atoms. The molecule has 0 saturated heterocycles. The quantitative estimate of drug-likeness (QED) is 0.649. The van der Waals surface area contributed by atoms with E-state index in [9.17, 15) is 13.2 Å². The summed E-state index contributed by atoms with van der Waals surface area (Å²) in [4.78, 5) is 11.0. The second-order valence-electron chi connectivity index (χ2n) is 4.97.